The van der Waals surface area contributed by atoms with Gasteiger partial charge in [-0.15, -0.1) is 0 Å². The van der Waals surface area contributed by atoms with Crippen molar-refractivity contribution in [2.75, 3.05) is 11.6 Å². The van der Waals surface area contributed by atoms with Crippen molar-refractivity contribution < 1.29 is 0 Å². The molecule has 4 aromatic rings. The molecule has 0 saturated carbocycles. The Bertz CT molecular complexity index is 1230. The van der Waals surface area contributed by atoms with E-state index in [2.05, 4.69) is 70.6 Å². The Kier molecular flexibility index (Phi) is 3.88. The quantitative estimate of drug-likeness (QED) is 0.389. The molecule has 0 spiro atoms. The molecule has 5 rings (SSSR count). The van der Waals surface area contributed by atoms with Crippen molar-refractivity contribution >= 4 is 51.5 Å². The molecule has 0 aliphatic carbocycles. The lowest BCUT2D eigenvalue weighted by atomic mass is 9.93. The first kappa shape index (κ1) is 16.0. The summed E-state index contributed by atoms with van der Waals surface area (Å²) in [4.78, 5) is 10.3. The topological polar surface area (TPSA) is 28.0 Å². The maximum Gasteiger partial charge on any atom is 0.117 e. The molecule has 27 heavy (non-hydrogen) atoms. The number of rotatable bonds is 2. The van der Waals surface area contributed by atoms with Crippen LogP contribution in [0.5, 0.6) is 0 Å². The fourth-order valence-electron chi connectivity index (χ4n) is 3.66. The molecule has 0 bridgehead atoms. The maximum atomic E-state index is 6.48. The molecule has 1 aliphatic heterocycles. The van der Waals surface area contributed by atoms with Crippen LogP contribution in [0.1, 0.15) is 0 Å². The standard InChI is InChI=1S/C23H16ClN3/c24-18-9-17(10-19(12-18)27-14-25-13-26-15-27)23-11-16-5-1-2-6-20(16)21-7-3-4-8-22(21)23/h1-14H,15H2. The summed E-state index contributed by atoms with van der Waals surface area (Å²) in [7, 11) is 0. The highest BCUT2D eigenvalue weighted by atomic mass is 35.5. The van der Waals surface area contributed by atoms with Crippen LogP contribution in [0.15, 0.2) is 82.8 Å². The fraction of sp³-hybridized carbons (Fsp3) is 0.0435. The van der Waals surface area contributed by atoms with Gasteiger partial charge in [-0.2, -0.15) is 0 Å². The van der Waals surface area contributed by atoms with Gasteiger partial charge in [0.05, 0.1) is 6.34 Å². The van der Waals surface area contributed by atoms with Crippen LogP contribution in [0, 0.1) is 0 Å². The van der Waals surface area contributed by atoms with Gasteiger partial charge in [-0.1, -0.05) is 60.1 Å². The number of nitrogens with zero attached hydrogens (tertiary/aromatic N) is 3. The van der Waals surface area contributed by atoms with Crippen molar-refractivity contribution in [3.63, 3.8) is 0 Å². The minimum absolute atomic E-state index is 0.543. The highest BCUT2D eigenvalue weighted by Gasteiger charge is 2.12. The van der Waals surface area contributed by atoms with E-state index in [9.17, 15) is 0 Å². The number of halogens is 1. The molecular weight excluding hydrogens is 354 g/mol. The van der Waals surface area contributed by atoms with Gasteiger partial charge < -0.3 is 4.90 Å². The van der Waals surface area contributed by atoms with Crippen molar-refractivity contribution in [2.24, 2.45) is 9.98 Å². The molecule has 4 aromatic carbocycles. The van der Waals surface area contributed by atoms with Gasteiger partial charge >= 0.3 is 0 Å². The molecule has 4 heteroatoms. The molecule has 0 atom stereocenters. The number of aliphatic imine (C=N–C) groups is 2. The van der Waals surface area contributed by atoms with Crippen LogP contribution in [0.3, 0.4) is 0 Å². The molecule has 1 aliphatic rings. The molecule has 3 nitrogen and oxygen atoms in total. The third-order valence-electron chi connectivity index (χ3n) is 4.88. The lowest BCUT2D eigenvalue weighted by molar-refractivity contribution is 1.01. The Labute approximate surface area is 162 Å². The number of hydrogen-bond donors (Lipinski definition) is 0. The summed E-state index contributed by atoms with van der Waals surface area (Å²) in [5, 5.41) is 5.64. The van der Waals surface area contributed by atoms with Crippen LogP contribution < -0.4 is 4.90 Å². The molecule has 0 N–H and O–H groups in total. The Morgan fingerprint density at radius 2 is 1.59 bits per heavy atom. The molecule has 0 saturated heterocycles. The Morgan fingerprint density at radius 3 is 2.41 bits per heavy atom. The van der Waals surface area contributed by atoms with Crippen molar-refractivity contribution in [1.82, 2.24) is 0 Å². The van der Waals surface area contributed by atoms with Crippen molar-refractivity contribution in [1.29, 1.82) is 0 Å². The van der Waals surface area contributed by atoms with Crippen molar-refractivity contribution in [3.8, 4) is 11.1 Å². The number of anilines is 1. The first-order chi connectivity index (χ1) is 13.3. The molecule has 0 radical (unpaired) electrons. The van der Waals surface area contributed by atoms with E-state index in [4.69, 9.17) is 11.6 Å². The summed E-state index contributed by atoms with van der Waals surface area (Å²) in [5.74, 6) is 0. The van der Waals surface area contributed by atoms with Crippen LogP contribution in [-0.4, -0.2) is 19.3 Å². The summed E-state index contributed by atoms with van der Waals surface area (Å²) in [6, 6.07) is 25.4. The second-order valence-electron chi connectivity index (χ2n) is 6.56. The largest absolute Gasteiger partial charge is 0.312 e. The third kappa shape index (κ3) is 2.86. The number of benzene rings is 4. The summed E-state index contributed by atoms with van der Waals surface area (Å²) < 4.78 is 0. The molecule has 0 fully saturated rings. The molecule has 0 amide bonds. The Morgan fingerprint density at radius 1 is 0.815 bits per heavy atom. The summed E-state index contributed by atoms with van der Waals surface area (Å²) in [6.45, 7) is 0.543. The predicted molar refractivity (Wildman–Crippen MR) is 116 cm³/mol. The van der Waals surface area contributed by atoms with Gasteiger partial charge in [0.1, 0.15) is 13.0 Å². The number of fused-ring (bicyclic) bond motifs is 3. The Balaban J connectivity index is 1.76. The minimum Gasteiger partial charge on any atom is -0.312 e. The van der Waals surface area contributed by atoms with Gasteiger partial charge in [-0.3, -0.25) is 4.99 Å². The zero-order valence-corrected chi connectivity index (χ0v) is 15.3. The highest BCUT2D eigenvalue weighted by Crippen LogP contribution is 2.37. The third-order valence-corrected chi connectivity index (χ3v) is 5.10. The minimum atomic E-state index is 0.543. The van der Waals surface area contributed by atoms with E-state index in [1.807, 2.05) is 17.0 Å². The van der Waals surface area contributed by atoms with E-state index in [0.717, 1.165) is 11.3 Å². The first-order valence-corrected chi connectivity index (χ1v) is 9.17. The van der Waals surface area contributed by atoms with Crippen LogP contribution in [-0.2, 0) is 0 Å². The van der Waals surface area contributed by atoms with Gasteiger partial charge in [0.25, 0.3) is 0 Å². The summed E-state index contributed by atoms with van der Waals surface area (Å²) in [5.41, 5.74) is 3.24. The van der Waals surface area contributed by atoms with Crippen molar-refractivity contribution in [2.45, 2.75) is 0 Å². The SMILES string of the molecule is Clc1cc(-c2cc3ccccc3c3ccccc23)cc(N2C=NC=NC2)c1. The zero-order chi connectivity index (χ0) is 18.2. The van der Waals surface area contributed by atoms with E-state index in [1.165, 1.54) is 27.1 Å². The molecule has 0 aromatic heterocycles. The predicted octanol–water partition coefficient (Wildman–Crippen LogP) is 6.15. The number of hydrogen-bond acceptors (Lipinski definition) is 3. The van der Waals surface area contributed by atoms with Crippen LogP contribution in [0.25, 0.3) is 32.7 Å². The van der Waals surface area contributed by atoms with Gasteiger partial charge in [0.2, 0.25) is 0 Å². The van der Waals surface area contributed by atoms with Gasteiger partial charge in [-0.25, -0.2) is 4.99 Å². The monoisotopic (exact) mass is 369 g/mol. The summed E-state index contributed by atoms with van der Waals surface area (Å²) in [6.07, 6.45) is 3.35. The van der Waals surface area contributed by atoms with Crippen molar-refractivity contribution in [3.05, 3.63) is 77.8 Å². The van der Waals surface area contributed by atoms with E-state index >= 15 is 0 Å². The second-order valence-corrected chi connectivity index (χ2v) is 7.00. The molecule has 1 heterocycles. The smallest absolute Gasteiger partial charge is 0.117 e. The lowest BCUT2D eigenvalue weighted by Crippen LogP contribution is -2.23. The maximum absolute atomic E-state index is 6.48. The van der Waals surface area contributed by atoms with E-state index in [0.29, 0.717) is 11.7 Å². The van der Waals surface area contributed by atoms with E-state index in [1.54, 1.807) is 12.7 Å². The van der Waals surface area contributed by atoms with Crippen LogP contribution >= 0.6 is 11.6 Å². The van der Waals surface area contributed by atoms with Gasteiger partial charge in [-0.05, 0) is 56.9 Å². The first-order valence-electron chi connectivity index (χ1n) is 8.79. The summed E-state index contributed by atoms with van der Waals surface area (Å²) >= 11 is 6.48. The van der Waals surface area contributed by atoms with E-state index < -0.39 is 0 Å². The fourth-order valence-corrected chi connectivity index (χ4v) is 3.88. The normalized spacial score (nSPS) is 13.6. The van der Waals surface area contributed by atoms with Crippen LogP contribution in [0.4, 0.5) is 5.69 Å². The van der Waals surface area contributed by atoms with Gasteiger partial charge in [0, 0.05) is 10.7 Å². The van der Waals surface area contributed by atoms with Gasteiger partial charge in [0.15, 0.2) is 0 Å². The lowest BCUT2D eigenvalue weighted by Gasteiger charge is -2.20. The average Bonchev–Trinajstić information content (AvgIpc) is 2.73. The second kappa shape index (κ2) is 6.53. The zero-order valence-electron chi connectivity index (χ0n) is 14.5. The van der Waals surface area contributed by atoms with Crippen LogP contribution in [0.2, 0.25) is 5.02 Å². The van der Waals surface area contributed by atoms with E-state index in [-0.39, 0.29) is 0 Å². The molecular formula is C23H16ClN3. The average molecular weight is 370 g/mol. The Hall–Kier alpha value is -3.17. The highest BCUT2D eigenvalue weighted by molar-refractivity contribution is 6.31. The molecule has 0 unspecified atom stereocenters. The molecule has 130 valence electrons.